The first-order chi connectivity index (χ1) is 13.9. The normalized spacial score (nSPS) is 27.7. The highest BCUT2D eigenvalue weighted by Gasteiger charge is 2.52. The number of esters is 2. The van der Waals surface area contributed by atoms with Gasteiger partial charge in [0, 0.05) is 25.5 Å². The van der Waals surface area contributed by atoms with E-state index in [1.54, 1.807) is 14.0 Å². The molecule has 7 heteroatoms. The van der Waals surface area contributed by atoms with Crippen molar-refractivity contribution >= 4 is 11.9 Å². The van der Waals surface area contributed by atoms with Crippen LogP contribution in [-0.2, 0) is 31.0 Å². The topological polar surface area (TPSA) is 83.1 Å². The van der Waals surface area contributed by atoms with Crippen LogP contribution in [-0.4, -0.2) is 43.9 Å². The lowest BCUT2D eigenvalue weighted by Crippen LogP contribution is -2.43. The summed E-state index contributed by atoms with van der Waals surface area (Å²) in [4.78, 5) is 23.3. The summed E-state index contributed by atoms with van der Waals surface area (Å²) >= 11 is 0. The van der Waals surface area contributed by atoms with Crippen LogP contribution in [0.2, 0.25) is 0 Å². The molecule has 0 saturated heterocycles. The summed E-state index contributed by atoms with van der Waals surface area (Å²) in [5.74, 6) is 0.740. The molecule has 29 heavy (non-hydrogen) atoms. The van der Waals surface area contributed by atoms with E-state index >= 15 is 0 Å². The van der Waals surface area contributed by atoms with Crippen molar-refractivity contribution in [1.29, 1.82) is 0 Å². The molecule has 156 valence electrons. The maximum Gasteiger partial charge on any atom is 0.310 e. The molecule has 0 amide bonds. The van der Waals surface area contributed by atoms with E-state index in [2.05, 4.69) is 17.5 Å². The Morgan fingerprint density at radius 1 is 1.38 bits per heavy atom. The first-order valence-electron chi connectivity index (χ1n) is 10.1. The molecule has 1 aromatic rings. The van der Waals surface area contributed by atoms with Gasteiger partial charge in [-0.15, -0.1) is 0 Å². The number of carbonyl (C=O) groups excluding carboxylic acids is 2. The third-order valence-electron chi connectivity index (χ3n) is 5.92. The number of hydrogen-bond acceptors (Lipinski definition) is 7. The van der Waals surface area contributed by atoms with Crippen LogP contribution in [0, 0.1) is 0 Å². The summed E-state index contributed by atoms with van der Waals surface area (Å²) < 4.78 is 22.6. The lowest BCUT2D eigenvalue weighted by Gasteiger charge is -2.36. The fourth-order valence-corrected chi connectivity index (χ4v) is 4.72. The van der Waals surface area contributed by atoms with Crippen molar-refractivity contribution in [3.63, 3.8) is 0 Å². The zero-order valence-electron chi connectivity index (χ0n) is 17.0. The van der Waals surface area contributed by atoms with Gasteiger partial charge in [-0.1, -0.05) is 12.1 Å². The number of hydrogen-bond donors (Lipinski definition) is 1. The first-order valence-corrected chi connectivity index (χ1v) is 10.1. The molecule has 1 aromatic carbocycles. The third kappa shape index (κ3) is 3.59. The Hall–Kier alpha value is -2.54. The quantitative estimate of drug-likeness (QED) is 0.599. The van der Waals surface area contributed by atoms with Gasteiger partial charge in [-0.25, -0.2) is 0 Å². The number of carbonyl (C=O) groups is 2. The number of nitrogens with one attached hydrogen (secondary N) is 1. The molecule has 4 rings (SSSR count). The Balaban J connectivity index is 1.54. The molecule has 1 N–H and O–H groups in total. The van der Waals surface area contributed by atoms with Crippen LogP contribution in [0.25, 0.3) is 0 Å². The SMILES string of the molecule is COc1ccc2c3c1O[C@@H]1CC(OC(=O)CC(C)OC(C)=O)C=C[C@]31CCNC2. The second kappa shape index (κ2) is 7.71. The van der Waals surface area contributed by atoms with Gasteiger partial charge in [0.05, 0.1) is 18.9 Å². The van der Waals surface area contributed by atoms with Gasteiger partial charge in [-0.05, 0) is 37.6 Å². The smallest absolute Gasteiger partial charge is 0.310 e. The first kappa shape index (κ1) is 19.8. The Labute approximate surface area is 170 Å². The minimum Gasteiger partial charge on any atom is -0.493 e. The Morgan fingerprint density at radius 3 is 2.97 bits per heavy atom. The summed E-state index contributed by atoms with van der Waals surface area (Å²) in [6.07, 6.45) is 4.62. The van der Waals surface area contributed by atoms with Gasteiger partial charge >= 0.3 is 11.9 Å². The lowest BCUT2D eigenvalue weighted by atomic mass is 9.69. The molecule has 3 aliphatic rings. The van der Waals surface area contributed by atoms with Gasteiger partial charge < -0.3 is 24.3 Å². The summed E-state index contributed by atoms with van der Waals surface area (Å²) in [6, 6.07) is 4.05. The molecule has 0 fully saturated rings. The zero-order valence-corrected chi connectivity index (χ0v) is 17.0. The van der Waals surface area contributed by atoms with E-state index in [1.807, 2.05) is 12.1 Å². The van der Waals surface area contributed by atoms with E-state index in [4.69, 9.17) is 18.9 Å². The molecule has 7 nitrogen and oxygen atoms in total. The molecular weight excluding hydrogens is 374 g/mol. The van der Waals surface area contributed by atoms with E-state index in [-0.39, 0.29) is 30.0 Å². The average molecular weight is 401 g/mol. The minimum atomic E-state index is -0.509. The Morgan fingerprint density at radius 2 is 2.21 bits per heavy atom. The fraction of sp³-hybridized carbons (Fsp3) is 0.545. The highest BCUT2D eigenvalue weighted by atomic mass is 16.6. The van der Waals surface area contributed by atoms with E-state index in [9.17, 15) is 9.59 Å². The number of rotatable bonds is 5. The average Bonchev–Trinajstić information content (AvgIpc) is 2.87. The van der Waals surface area contributed by atoms with Crippen molar-refractivity contribution in [3.05, 3.63) is 35.4 Å². The standard InChI is InChI=1S/C22H27NO6/c1-13(27-14(2)24)10-19(25)28-16-6-7-22-8-9-23-12-15-4-5-17(26-3)21(20(15)22)29-18(22)11-16/h4-7,13,16,18,23H,8-12H2,1-3H3/t13?,16?,18-,22-/m1/s1. The van der Waals surface area contributed by atoms with Crippen LogP contribution in [0.5, 0.6) is 11.5 Å². The van der Waals surface area contributed by atoms with E-state index in [1.165, 1.54) is 18.1 Å². The lowest BCUT2D eigenvalue weighted by molar-refractivity contribution is -0.155. The maximum absolute atomic E-state index is 12.3. The van der Waals surface area contributed by atoms with Crippen molar-refractivity contribution in [1.82, 2.24) is 5.32 Å². The molecule has 0 bridgehead atoms. The number of benzene rings is 1. The highest BCUT2D eigenvalue weighted by molar-refractivity contribution is 5.72. The molecule has 1 aliphatic carbocycles. The van der Waals surface area contributed by atoms with Gasteiger partial charge in [0.25, 0.3) is 0 Å². The van der Waals surface area contributed by atoms with Gasteiger partial charge in [-0.2, -0.15) is 0 Å². The monoisotopic (exact) mass is 401 g/mol. The van der Waals surface area contributed by atoms with Gasteiger partial charge in [0.1, 0.15) is 18.3 Å². The van der Waals surface area contributed by atoms with Gasteiger partial charge in [-0.3, -0.25) is 9.59 Å². The predicted octanol–water partition coefficient (Wildman–Crippen LogP) is 2.40. The van der Waals surface area contributed by atoms with Crippen molar-refractivity contribution in [2.24, 2.45) is 0 Å². The Kier molecular flexibility index (Phi) is 5.25. The van der Waals surface area contributed by atoms with Crippen LogP contribution >= 0.6 is 0 Å². The van der Waals surface area contributed by atoms with Crippen LogP contribution in [0.4, 0.5) is 0 Å². The summed E-state index contributed by atoms with van der Waals surface area (Å²) in [7, 11) is 1.65. The predicted molar refractivity (Wildman–Crippen MR) is 105 cm³/mol. The van der Waals surface area contributed by atoms with Crippen molar-refractivity contribution < 1.29 is 28.5 Å². The molecule has 0 radical (unpaired) electrons. The minimum absolute atomic E-state index is 0.0305. The van der Waals surface area contributed by atoms with Gasteiger partial charge in [0.2, 0.25) is 0 Å². The second-order valence-electron chi connectivity index (χ2n) is 7.95. The van der Waals surface area contributed by atoms with Crippen LogP contribution < -0.4 is 14.8 Å². The van der Waals surface area contributed by atoms with Crippen LogP contribution in [0.3, 0.4) is 0 Å². The van der Waals surface area contributed by atoms with Crippen LogP contribution in [0.15, 0.2) is 24.3 Å². The molecule has 0 aromatic heterocycles. The summed E-state index contributed by atoms with van der Waals surface area (Å²) in [6.45, 7) is 4.68. The second-order valence-corrected chi connectivity index (χ2v) is 7.95. The van der Waals surface area contributed by atoms with Crippen LogP contribution in [0.1, 0.15) is 44.2 Å². The van der Waals surface area contributed by atoms with Crippen molar-refractivity contribution in [2.45, 2.75) is 63.4 Å². The summed E-state index contributed by atoms with van der Waals surface area (Å²) in [5, 5.41) is 3.48. The third-order valence-corrected chi connectivity index (χ3v) is 5.92. The van der Waals surface area contributed by atoms with E-state index in [0.29, 0.717) is 6.42 Å². The molecule has 2 aliphatic heterocycles. The molecular formula is C22H27NO6. The van der Waals surface area contributed by atoms with E-state index < -0.39 is 12.1 Å². The van der Waals surface area contributed by atoms with Crippen molar-refractivity contribution in [2.75, 3.05) is 13.7 Å². The molecule has 1 spiro atoms. The molecule has 2 heterocycles. The Bertz CT molecular complexity index is 850. The van der Waals surface area contributed by atoms with Gasteiger partial charge in [0.15, 0.2) is 11.5 Å². The maximum atomic E-state index is 12.3. The fourth-order valence-electron chi connectivity index (χ4n) is 4.72. The zero-order chi connectivity index (χ0) is 20.6. The number of methoxy groups -OCH3 is 1. The molecule has 2 unspecified atom stereocenters. The van der Waals surface area contributed by atoms with E-state index in [0.717, 1.165) is 31.0 Å². The largest absolute Gasteiger partial charge is 0.493 e. The van der Waals surface area contributed by atoms with Crippen molar-refractivity contribution in [3.8, 4) is 11.5 Å². The highest BCUT2D eigenvalue weighted by Crippen LogP contribution is 2.55. The molecule has 4 atom stereocenters. The number of ether oxygens (including phenoxy) is 4. The molecule has 0 saturated carbocycles. The summed E-state index contributed by atoms with van der Waals surface area (Å²) in [5.41, 5.74) is 2.17.